The minimum Gasteiger partial charge on any atom is -0.467 e. The van der Waals surface area contributed by atoms with Crippen LogP contribution in [0.2, 0.25) is 0 Å². The van der Waals surface area contributed by atoms with Gasteiger partial charge in [0.2, 0.25) is 11.8 Å². The van der Waals surface area contributed by atoms with E-state index in [1.165, 1.54) is 12.1 Å². The summed E-state index contributed by atoms with van der Waals surface area (Å²) in [5.74, 6) is 0.227. The van der Waals surface area contributed by atoms with Crippen LogP contribution in [-0.4, -0.2) is 54.3 Å². The van der Waals surface area contributed by atoms with Crippen LogP contribution < -0.4 is 4.90 Å². The van der Waals surface area contributed by atoms with Crippen molar-refractivity contribution in [3.8, 4) is 0 Å². The first-order valence-corrected chi connectivity index (χ1v) is 9.19. The van der Waals surface area contributed by atoms with Crippen molar-refractivity contribution in [1.29, 1.82) is 0 Å². The summed E-state index contributed by atoms with van der Waals surface area (Å²) in [4.78, 5) is 30.8. The van der Waals surface area contributed by atoms with E-state index in [4.69, 9.17) is 4.42 Å². The summed E-state index contributed by atoms with van der Waals surface area (Å²) in [7, 11) is 0. The van der Waals surface area contributed by atoms with E-state index in [-0.39, 0.29) is 30.0 Å². The van der Waals surface area contributed by atoms with Gasteiger partial charge >= 0.3 is 0 Å². The highest BCUT2D eigenvalue weighted by Gasteiger charge is 2.37. The van der Waals surface area contributed by atoms with Gasteiger partial charge in [0.1, 0.15) is 11.6 Å². The molecule has 0 spiro atoms. The molecule has 1 aromatic heterocycles. The highest BCUT2D eigenvalue weighted by Crippen LogP contribution is 2.24. The summed E-state index contributed by atoms with van der Waals surface area (Å²) < 4.78 is 18.4. The zero-order valence-corrected chi connectivity index (χ0v) is 15.0. The van der Waals surface area contributed by atoms with Crippen LogP contribution in [0.5, 0.6) is 0 Å². The lowest BCUT2D eigenvalue weighted by Gasteiger charge is -2.37. The van der Waals surface area contributed by atoms with Crippen LogP contribution in [-0.2, 0) is 16.1 Å². The zero-order chi connectivity index (χ0) is 18.8. The number of furan rings is 1. The predicted octanol–water partition coefficient (Wildman–Crippen LogP) is 2.12. The molecule has 0 saturated carbocycles. The molecule has 0 radical (unpaired) electrons. The van der Waals surface area contributed by atoms with Crippen molar-refractivity contribution in [2.24, 2.45) is 5.92 Å². The van der Waals surface area contributed by atoms with Crippen molar-refractivity contribution in [2.45, 2.75) is 13.0 Å². The molecule has 2 aliphatic heterocycles. The lowest BCUT2D eigenvalue weighted by molar-refractivity contribution is -0.136. The Kier molecular flexibility index (Phi) is 4.83. The lowest BCUT2D eigenvalue weighted by Crippen LogP contribution is -2.50. The molecule has 7 heteroatoms. The van der Waals surface area contributed by atoms with Crippen molar-refractivity contribution in [2.75, 3.05) is 37.6 Å². The highest BCUT2D eigenvalue weighted by molar-refractivity contribution is 5.89. The van der Waals surface area contributed by atoms with Gasteiger partial charge in [-0.2, -0.15) is 0 Å². The first-order chi connectivity index (χ1) is 13.1. The molecule has 3 heterocycles. The Morgan fingerprint density at radius 3 is 2.52 bits per heavy atom. The van der Waals surface area contributed by atoms with Gasteiger partial charge in [-0.15, -0.1) is 0 Å². The van der Waals surface area contributed by atoms with E-state index in [0.29, 0.717) is 39.3 Å². The predicted molar refractivity (Wildman–Crippen MR) is 97.4 cm³/mol. The summed E-state index contributed by atoms with van der Waals surface area (Å²) in [5, 5.41) is 0. The normalized spacial score (nSPS) is 20.4. The van der Waals surface area contributed by atoms with Gasteiger partial charge in [0.15, 0.2) is 0 Å². The molecule has 1 unspecified atom stereocenters. The van der Waals surface area contributed by atoms with E-state index in [1.54, 1.807) is 29.4 Å². The van der Waals surface area contributed by atoms with E-state index in [2.05, 4.69) is 4.90 Å². The standard InChI is InChI=1S/C20H22FN3O3/c21-16-3-5-17(6-4-16)22-7-9-23(10-8-22)20(26)15-12-19(25)24(13-15)14-18-2-1-11-27-18/h1-6,11,15H,7-10,12-14H2. The first kappa shape index (κ1) is 17.6. The van der Waals surface area contributed by atoms with E-state index in [0.717, 1.165) is 11.4 Å². The third-order valence-electron chi connectivity index (χ3n) is 5.27. The second kappa shape index (κ2) is 7.42. The number of anilines is 1. The van der Waals surface area contributed by atoms with Crippen molar-refractivity contribution in [1.82, 2.24) is 9.80 Å². The first-order valence-electron chi connectivity index (χ1n) is 9.19. The number of carbonyl (C=O) groups excluding carboxylic acids is 2. The smallest absolute Gasteiger partial charge is 0.228 e. The zero-order valence-electron chi connectivity index (χ0n) is 15.0. The van der Waals surface area contributed by atoms with Gasteiger partial charge < -0.3 is 19.1 Å². The summed E-state index contributed by atoms with van der Waals surface area (Å²) in [6, 6.07) is 10.0. The monoisotopic (exact) mass is 371 g/mol. The van der Waals surface area contributed by atoms with Gasteiger partial charge in [-0.05, 0) is 36.4 Å². The summed E-state index contributed by atoms with van der Waals surface area (Å²) in [5.41, 5.74) is 0.962. The van der Waals surface area contributed by atoms with Gasteiger partial charge in [-0.3, -0.25) is 9.59 Å². The lowest BCUT2D eigenvalue weighted by atomic mass is 10.1. The summed E-state index contributed by atoms with van der Waals surface area (Å²) in [6.07, 6.45) is 1.84. The Labute approximate surface area is 157 Å². The van der Waals surface area contributed by atoms with E-state index < -0.39 is 0 Å². The maximum absolute atomic E-state index is 13.1. The van der Waals surface area contributed by atoms with Gasteiger partial charge in [0.05, 0.1) is 18.7 Å². The molecule has 142 valence electrons. The van der Waals surface area contributed by atoms with Crippen LogP contribution in [0, 0.1) is 11.7 Å². The van der Waals surface area contributed by atoms with Crippen molar-refractivity contribution < 1.29 is 18.4 Å². The fraction of sp³-hybridized carbons (Fsp3) is 0.400. The molecule has 0 bridgehead atoms. The van der Waals surface area contributed by atoms with Crippen LogP contribution in [0.25, 0.3) is 0 Å². The molecule has 27 heavy (non-hydrogen) atoms. The Morgan fingerprint density at radius 1 is 1.11 bits per heavy atom. The summed E-state index contributed by atoms with van der Waals surface area (Å²) >= 11 is 0. The third kappa shape index (κ3) is 3.82. The molecule has 2 aliphatic rings. The van der Waals surface area contributed by atoms with Gasteiger partial charge in [0.25, 0.3) is 0 Å². The number of likely N-dealkylation sites (tertiary alicyclic amines) is 1. The van der Waals surface area contributed by atoms with Crippen LogP contribution >= 0.6 is 0 Å². The Bertz CT molecular complexity index is 798. The Balaban J connectivity index is 1.31. The Hall–Kier alpha value is -2.83. The number of carbonyl (C=O) groups is 2. The molecular weight excluding hydrogens is 349 g/mol. The van der Waals surface area contributed by atoms with Crippen molar-refractivity contribution in [3.63, 3.8) is 0 Å². The topological polar surface area (TPSA) is 57.0 Å². The third-order valence-corrected chi connectivity index (χ3v) is 5.27. The number of nitrogens with zero attached hydrogens (tertiary/aromatic N) is 3. The number of amides is 2. The van der Waals surface area contributed by atoms with Crippen LogP contribution in [0.1, 0.15) is 12.2 Å². The number of rotatable bonds is 4. The maximum Gasteiger partial charge on any atom is 0.228 e. The maximum atomic E-state index is 13.1. The second-order valence-electron chi connectivity index (χ2n) is 7.04. The second-order valence-corrected chi connectivity index (χ2v) is 7.04. The van der Waals surface area contributed by atoms with Crippen molar-refractivity contribution >= 4 is 17.5 Å². The molecule has 4 rings (SSSR count). The number of piperazine rings is 1. The molecule has 0 N–H and O–H groups in total. The van der Waals surface area contributed by atoms with Crippen LogP contribution in [0.3, 0.4) is 0 Å². The SMILES string of the molecule is O=C1CC(C(=O)N2CCN(c3ccc(F)cc3)CC2)CN1Cc1ccco1. The Morgan fingerprint density at radius 2 is 1.85 bits per heavy atom. The van der Waals surface area contributed by atoms with Crippen molar-refractivity contribution in [3.05, 3.63) is 54.2 Å². The molecule has 6 nitrogen and oxygen atoms in total. The number of hydrogen-bond acceptors (Lipinski definition) is 4. The fourth-order valence-electron chi connectivity index (χ4n) is 3.78. The van der Waals surface area contributed by atoms with Crippen LogP contribution in [0.15, 0.2) is 47.1 Å². The number of halogens is 1. The molecule has 2 amide bonds. The van der Waals surface area contributed by atoms with E-state index in [9.17, 15) is 14.0 Å². The minimum absolute atomic E-state index is 0.00491. The molecule has 1 aromatic carbocycles. The molecular formula is C20H22FN3O3. The van der Waals surface area contributed by atoms with Gasteiger partial charge in [-0.25, -0.2) is 4.39 Å². The quantitative estimate of drug-likeness (QED) is 0.826. The van der Waals surface area contributed by atoms with E-state index in [1.807, 2.05) is 11.0 Å². The number of benzene rings is 1. The van der Waals surface area contributed by atoms with Crippen LogP contribution in [0.4, 0.5) is 10.1 Å². The molecule has 2 fully saturated rings. The number of hydrogen-bond donors (Lipinski definition) is 0. The molecule has 1 atom stereocenters. The molecule has 2 aromatic rings. The van der Waals surface area contributed by atoms with Gasteiger partial charge in [0, 0.05) is 44.8 Å². The largest absolute Gasteiger partial charge is 0.467 e. The molecule has 0 aliphatic carbocycles. The minimum atomic E-state index is -0.287. The van der Waals surface area contributed by atoms with E-state index >= 15 is 0 Å². The average Bonchev–Trinajstić information content (AvgIpc) is 3.32. The summed E-state index contributed by atoms with van der Waals surface area (Å²) in [6.45, 7) is 3.48. The highest BCUT2D eigenvalue weighted by atomic mass is 19.1. The molecule has 2 saturated heterocycles. The average molecular weight is 371 g/mol. The van der Waals surface area contributed by atoms with Gasteiger partial charge in [-0.1, -0.05) is 0 Å². The fourth-order valence-corrected chi connectivity index (χ4v) is 3.78.